The van der Waals surface area contributed by atoms with Crippen LogP contribution in [0.4, 0.5) is 0 Å². The van der Waals surface area contributed by atoms with Crippen LogP contribution >= 0.6 is 12.1 Å². The topological polar surface area (TPSA) is 27.7 Å². The van der Waals surface area contributed by atoms with Crippen LogP contribution in [0.2, 0.25) is 0 Å². The second-order valence-corrected chi connectivity index (χ2v) is 25.4. The van der Waals surface area contributed by atoms with Crippen molar-refractivity contribution in [1.82, 2.24) is 0 Å². The molecule has 0 radical (unpaired) electrons. The molecule has 1 aliphatic heterocycles. The molecule has 1 unspecified atom stereocenters. The van der Waals surface area contributed by atoms with E-state index in [1.807, 2.05) is 12.1 Å². The van der Waals surface area contributed by atoms with Crippen LogP contribution in [-0.4, -0.2) is 37.3 Å². The van der Waals surface area contributed by atoms with E-state index in [2.05, 4.69) is 159 Å². The molecule has 1 aliphatic rings. The molecule has 4 aromatic rings. The Morgan fingerprint density at radius 3 is 1.64 bits per heavy atom. The summed E-state index contributed by atoms with van der Waals surface area (Å²) in [6.45, 7) is 17.1. The summed E-state index contributed by atoms with van der Waals surface area (Å²) in [5, 5.41) is 2.40. The van der Waals surface area contributed by atoms with Gasteiger partial charge in [-0.15, -0.1) is 0 Å². The molecule has 4 aromatic carbocycles. The number of benzene rings is 4. The summed E-state index contributed by atoms with van der Waals surface area (Å²) in [7, 11) is 0. The predicted molar refractivity (Wildman–Crippen MR) is 193 cm³/mol. The Labute approximate surface area is 280 Å². The van der Waals surface area contributed by atoms with Crippen molar-refractivity contribution in [2.75, 3.05) is 6.66 Å². The monoisotopic (exact) mass is 758 g/mol. The van der Waals surface area contributed by atoms with Gasteiger partial charge >= 0.3 is 282 Å². The first kappa shape index (κ1) is 33.5. The summed E-state index contributed by atoms with van der Waals surface area (Å²) in [5.41, 5.74) is 4.83. The molecule has 44 heavy (non-hydrogen) atoms. The zero-order valence-corrected chi connectivity index (χ0v) is 32.6. The fourth-order valence-corrected chi connectivity index (χ4v) is 12.1. The zero-order valence-electron chi connectivity index (χ0n) is 27.4. The van der Waals surface area contributed by atoms with Crippen molar-refractivity contribution in [2.24, 2.45) is 0 Å². The van der Waals surface area contributed by atoms with Crippen LogP contribution in [0.15, 0.2) is 78.9 Å². The van der Waals surface area contributed by atoms with E-state index in [1.165, 1.54) is 16.4 Å². The second-order valence-electron chi connectivity index (χ2n) is 13.7. The van der Waals surface area contributed by atoms with E-state index in [0.717, 1.165) is 57.6 Å². The van der Waals surface area contributed by atoms with Crippen LogP contribution in [0.5, 0.6) is 17.2 Å². The van der Waals surface area contributed by atoms with Crippen molar-refractivity contribution >= 4 is 53.4 Å². The third-order valence-electron chi connectivity index (χ3n) is 8.21. The van der Waals surface area contributed by atoms with Crippen LogP contribution < -0.4 is 24.2 Å². The maximum absolute atomic E-state index is 7.12. The predicted octanol–water partition coefficient (Wildman–Crippen LogP) is 9.45. The van der Waals surface area contributed by atoms with Crippen molar-refractivity contribution in [3.05, 3.63) is 101 Å². The van der Waals surface area contributed by atoms with Crippen molar-refractivity contribution < 1.29 is 13.6 Å². The molecule has 0 aliphatic carbocycles. The number of rotatable bonds is 6. The van der Waals surface area contributed by atoms with Gasteiger partial charge in [0.2, 0.25) is 0 Å². The van der Waals surface area contributed by atoms with Gasteiger partial charge < -0.3 is 0 Å². The van der Waals surface area contributed by atoms with Crippen LogP contribution in [0, 0.1) is 0 Å². The van der Waals surface area contributed by atoms with Crippen LogP contribution in [0.25, 0.3) is 11.1 Å². The molecule has 0 amide bonds. The van der Waals surface area contributed by atoms with Crippen LogP contribution in [0.3, 0.4) is 0 Å². The third kappa shape index (κ3) is 6.67. The molecular weight excluding hydrogens is 712 g/mol. The Kier molecular flexibility index (Phi) is 9.46. The van der Waals surface area contributed by atoms with Gasteiger partial charge in [0.25, 0.3) is 0 Å². The molecule has 0 spiro atoms. The molecule has 0 saturated heterocycles. The summed E-state index contributed by atoms with van der Waals surface area (Å²) in [6.07, 6.45) is 1.87. The first-order valence-electron chi connectivity index (χ1n) is 15.3. The fraction of sp³-hybridized carbons (Fsp3) is 0.351. The van der Waals surface area contributed by atoms with E-state index in [-0.39, 0.29) is 10.8 Å². The SMILES string of the molecule is CCc1cc2c(c(C(C)(C)C)c1)O[P+]([Se-])(Oc1ccccc1P(C)(=[Se])c1ccccc1)Oc1c-2cc(CC)cc1C(C)(C)C. The van der Waals surface area contributed by atoms with Crippen molar-refractivity contribution in [1.29, 1.82) is 0 Å². The standard InChI is InChI=1S/C37H44O3P2Se2/c1-10-25-21-28-29-22-26(11-2)24-31(37(6,7)8)35(29)40-42(44,39-34(28)30(23-25)36(3,4)5)38-32-19-15-16-20-33(32)41(9,43)27-17-13-12-14-18-27/h12-24H,10-11H2,1-9H3. The molecule has 0 saturated carbocycles. The molecule has 0 aromatic heterocycles. The number of hydrogen-bond donors (Lipinski definition) is 0. The Hall–Kier alpha value is -1.82. The van der Waals surface area contributed by atoms with E-state index < -0.39 is 12.1 Å². The number of aryl methyl sites for hydroxylation is 2. The van der Waals surface area contributed by atoms with Gasteiger partial charge in [0.15, 0.2) is 0 Å². The second kappa shape index (κ2) is 12.4. The van der Waals surface area contributed by atoms with Gasteiger partial charge in [0, 0.05) is 0 Å². The summed E-state index contributed by atoms with van der Waals surface area (Å²) in [6, 6.07) is 28.1. The molecule has 3 nitrogen and oxygen atoms in total. The van der Waals surface area contributed by atoms with Crippen LogP contribution in [-0.2, 0) is 23.7 Å². The normalized spacial score (nSPS) is 15.6. The molecule has 0 fully saturated rings. The molecule has 5 rings (SSSR count). The van der Waals surface area contributed by atoms with Gasteiger partial charge in [-0.25, -0.2) is 0 Å². The van der Waals surface area contributed by atoms with Gasteiger partial charge in [0.1, 0.15) is 0 Å². The quantitative estimate of drug-likeness (QED) is 0.145. The molecule has 0 bridgehead atoms. The average Bonchev–Trinajstić information content (AvgIpc) is 3.08. The molecule has 232 valence electrons. The first-order valence-corrected chi connectivity index (χ1v) is 23.5. The zero-order chi connectivity index (χ0) is 32.1. The maximum atomic E-state index is 7.12. The Morgan fingerprint density at radius 2 is 1.18 bits per heavy atom. The van der Waals surface area contributed by atoms with Gasteiger partial charge in [-0.2, -0.15) is 0 Å². The minimum absolute atomic E-state index is 0.159. The number of fused-ring (bicyclic) bond motifs is 3. The first-order chi connectivity index (χ1) is 20.6. The van der Waals surface area contributed by atoms with E-state index >= 15 is 0 Å². The van der Waals surface area contributed by atoms with Crippen molar-refractivity contribution in [3.8, 4) is 28.4 Å². The molecule has 1 atom stereocenters. The summed E-state index contributed by atoms with van der Waals surface area (Å²) in [5.74, 6) is 2.46. The third-order valence-corrected chi connectivity index (χ3v) is 16.0. The minimum atomic E-state index is -3.14. The summed E-state index contributed by atoms with van der Waals surface area (Å²) < 4.78 is 21.3. The van der Waals surface area contributed by atoms with E-state index in [0.29, 0.717) is 0 Å². The molecule has 1 heterocycles. The average molecular weight is 757 g/mol. The fourth-order valence-electron chi connectivity index (χ4n) is 5.63. The summed E-state index contributed by atoms with van der Waals surface area (Å²) >= 11 is 6.90. The molecule has 7 heteroatoms. The molecule has 0 N–H and O–H groups in total. The van der Waals surface area contributed by atoms with Gasteiger partial charge in [-0.05, 0) is 0 Å². The number of para-hydroxylation sites is 1. The van der Waals surface area contributed by atoms with Crippen LogP contribution in [0.1, 0.15) is 77.6 Å². The van der Waals surface area contributed by atoms with E-state index in [1.54, 1.807) is 0 Å². The number of hydrogen-bond acceptors (Lipinski definition) is 3. The Morgan fingerprint density at radius 1 is 0.727 bits per heavy atom. The van der Waals surface area contributed by atoms with Gasteiger partial charge in [-0.3, -0.25) is 0 Å². The Balaban J connectivity index is 1.78. The Bertz CT molecular complexity index is 1660. The van der Waals surface area contributed by atoms with E-state index in [9.17, 15) is 0 Å². The van der Waals surface area contributed by atoms with E-state index in [4.69, 9.17) is 13.6 Å². The van der Waals surface area contributed by atoms with Crippen molar-refractivity contribution in [3.63, 3.8) is 0 Å². The van der Waals surface area contributed by atoms with Crippen molar-refractivity contribution in [2.45, 2.75) is 79.1 Å². The van der Waals surface area contributed by atoms with Gasteiger partial charge in [-0.1, -0.05) is 0 Å². The molecular formula is C37H44O3P2Se2. The van der Waals surface area contributed by atoms with Gasteiger partial charge in [0.05, 0.1) is 0 Å². The summed E-state index contributed by atoms with van der Waals surface area (Å²) in [4.78, 5) is 0.